The van der Waals surface area contributed by atoms with Gasteiger partial charge in [0.1, 0.15) is 0 Å². The van der Waals surface area contributed by atoms with Gasteiger partial charge in [0, 0.05) is 39.8 Å². The molecule has 136 valence electrons. The summed E-state index contributed by atoms with van der Waals surface area (Å²) in [7, 11) is 3.95. The molecule has 1 saturated heterocycles. The van der Waals surface area contributed by atoms with E-state index in [9.17, 15) is 0 Å². The van der Waals surface area contributed by atoms with Crippen LogP contribution >= 0.6 is 24.0 Å². The van der Waals surface area contributed by atoms with E-state index >= 15 is 0 Å². The molecule has 0 radical (unpaired) electrons. The van der Waals surface area contributed by atoms with Crippen LogP contribution in [-0.2, 0) is 4.74 Å². The fourth-order valence-corrected chi connectivity index (χ4v) is 3.14. The molecular formula is C17H35IN4O. The Hall–Kier alpha value is -0.0800. The van der Waals surface area contributed by atoms with Crippen LogP contribution in [0.15, 0.2) is 4.99 Å². The van der Waals surface area contributed by atoms with Crippen molar-refractivity contribution in [3.8, 4) is 0 Å². The maximum atomic E-state index is 5.72. The normalized spacial score (nSPS) is 22.6. The number of piperidine rings is 1. The molecule has 23 heavy (non-hydrogen) atoms. The first-order valence-electron chi connectivity index (χ1n) is 8.98. The highest BCUT2D eigenvalue weighted by molar-refractivity contribution is 14.0. The average Bonchev–Trinajstić information content (AvgIpc) is 3.37. The molecule has 1 unspecified atom stereocenters. The zero-order chi connectivity index (χ0) is 15.8. The van der Waals surface area contributed by atoms with Crippen molar-refractivity contribution in [3.05, 3.63) is 0 Å². The van der Waals surface area contributed by atoms with Crippen LogP contribution in [0.25, 0.3) is 0 Å². The molecule has 1 saturated carbocycles. The van der Waals surface area contributed by atoms with Crippen LogP contribution in [0, 0.1) is 5.92 Å². The molecule has 1 atom stereocenters. The summed E-state index contributed by atoms with van der Waals surface area (Å²) < 4.78 is 5.72. The maximum absolute atomic E-state index is 5.72. The Balaban J connectivity index is 0.00000264. The van der Waals surface area contributed by atoms with E-state index in [-0.39, 0.29) is 24.0 Å². The SMILES string of the molecule is CCN1CCCCC1CNC(=NC)N(C)CCOCC1CC1.I. The lowest BCUT2D eigenvalue weighted by molar-refractivity contribution is 0.114. The first-order valence-corrected chi connectivity index (χ1v) is 8.98. The predicted octanol–water partition coefficient (Wildman–Crippen LogP) is 2.41. The average molecular weight is 438 g/mol. The van der Waals surface area contributed by atoms with Crippen LogP contribution in [0.3, 0.4) is 0 Å². The molecular weight excluding hydrogens is 403 g/mol. The second kappa shape index (κ2) is 11.5. The van der Waals surface area contributed by atoms with Gasteiger partial charge in [0.25, 0.3) is 0 Å². The van der Waals surface area contributed by atoms with Crippen molar-refractivity contribution in [1.82, 2.24) is 15.1 Å². The van der Waals surface area contributed by atoms with E-state index in [1.807, 2.05) is 7.05 Å². The minimum absolute atomic E-state index is 0. The summed E-state index contributed by atoms with van der Waals surface area (Å²) in [6.07, 6.45) is 6.71. The van der Waals surface area contributed by atoms with E-state index in [1.54, 1.807) is 0 Å². The Labute approximate surface area is 159 Å². The molecule has 2 aliphatic rings. The smallest absolute Gasteiger partial charge is 0.193 e. The van der Waals surface area contributed by atoms with Crippen LogP contribution in [0.5, 0.6) is 0 Å². The number of ether oxygens (including phenoxy) is 1. The zero-order valence-electron chi connectivity index (χ0n) is 15.1. The molecule has 1 aliphatic carbocycles. The standard InChI is InChI=1S/C17H34N4O.HI/c1-4-21-10-6-5-7-16(21)13-19-17(18-2)20(3)11-12-22-14-15-8-9-15;/h15-16H,4-14H2,1-3H3,(H,18,19);1H. The molecule has 1 N–H and O–H groups in total. The lowest BCUT2D eigenvalue weighted by Crippen LogP contribution is -2.49. The van der Waals surface area contributed by atoms with E-state index in [0.717, 1.165) is 44.7 Å². The van der Waals surface area contributed by atoms with Crippen molar-refractivity contribution < 1.29 is 4.74 Å². The molecule has 0 amide bonds. The summed E-state index contributed by atoms with van der Waals surface area (Å²) in [6, 6.07) is 0.648. The summed E-state index contributed by atoms with van der Waals surface area (Å²) in [5.41, 5.74) is 0. The Morgan fingerprint density at radius 3 is 2.74 bits per heavy atom. The highest BCUT2D eigenvalue weighted by Gasteiger charge is 2.22. The van der Waals surface area contributed by atoms with E-state index in [4.69, 9.17) is 4.74 Å². The van der Waals surface area contributed by atoms with Crippen molar-refractivity contribution >= 4 is 29.9 Å². The van der Waals surface area contributed by atoms with Gasteiger partial charge in [-0.15, -0.1) is 24.0 Å². The van der Waals surface area contributed by atoms with Crippen molar-refractivity contribution in [2.75, 3.05) is 53.5 Å². The van der Waals surface area contributed by atoms with Crippen LogP contribution < -0.4 is 5.32 Å². The number of hydrogen-bond acceptors (Lipinski definition) is 3. The fourth-order valence-electron chi connectivity index (χ4n) is 3.14. The van der Waals surface area contributed by atoms with Gasteiger partial charge in [0.15, 0.2) is 5.96 Å². The largest absolute Gasteiger partial charge is 0.379 e. The number of rotatable bonds is 8. The number of nitrogens with one attached hydrogen (secondary N) is 1. The first-order chi connectivity index (χ1) is 10.7. The monoisotopic (exact) mass is 438 g/mol. The number of likely N-dealkylation sites (tertiary alicyclic amines) is 1. The minimum atomic E-state index is 0. The zero-order valence-corrected chi connectivity index (χ0v) is 17.4. The Kier molecular flexibility index (Phi) is 10.5. The molecule has 0 aromatic carbocycles. The summed E-state index contributed by atoms with van der Waals surface area (Å²) in [5.74, 6) is 1.82. The van der Waals surface area contributed by atoms with Crippen molar-refractivity contribution in [3.63, 3.8) is 0 Å². The number of likely N-dealkylation sites (N-methyl/N-ethyl adjacent to an activating group) is 2. The molecule has 5 nitrogen and oxygen atoms in total. The second-order valence-electron chi connectivity index (χ2n) is 6.65. The Bertz CT molecular complexity index is 349. The third-order valence-electron chi connectivity index (χ3n) is 4.85. The van der Waals surface area contributed by atoms with Crippen LogP contribution in [0.1, 0.15) is 39.0 Å². The summed E-state index contributed by atoms with van der Waals surface area (Å²) >= 11 is 0. The molecule has 2 rings (SSSR count). The van der Waals surface area contributed by atoms with Gasteiger partial charge in [-0.1, -0.05) is 13.3 Å². The lowest BCUT2D eigenvalue weighted by Gasteiger charge is -2.35. The lowest BCUT2D eigenvalue weighted by atomic mass is 10.0. The molecule has 0 aromatic heterocycles. The number of guanidine groups is 1. The topological polar surface area (TPSA) is 40.1 Å². The van der Waals surface area contributed by atoms with Gasteiger partial charge in [0.2, 0.25) is 0 Å². The van der Waals surface area contributed by atoms with Gasteiger partial charge >= 0.3 is 0 Å². The molecule has 0 spiro atoms. The number of hydrogen-bond donors (Lipinski definition) is 1. The van der Waals surface area contributed by atoms with E-state index in [1.165, 1.54) is 38.6 Å². The van der Waals surface area contributed by atoms with Gasteiger partial charge in [-0.05, 0) is 44.7 Å². The highest BCUT2D eigenvalue weighted by Crippen LogP contribution is 2.28. The predicted molar refractivity (Wildman–Crippen MR) is 108 cm³/mol. The third-order valence-corrected chi connectivity index (χ3v) is 4.85. The second-order valence-corrected chi connectivity index (χ2v) is 6.65. The Morgan fingerprint density at radius 1 is 1.30 bits per heavy atom. The van der Waals surface area contributed by atoms with Gasteiger partial charge in [-0.3, -0.25) is 9.89 Å². The maximum Gasteiger partial charge on any atom is 0.193 e. The summed E-state index contributed by atoms with van der Waals surface area (Å²) in [4.78, 5) is 9.17. The Morgan fingerprint density at radius 2 is 2.09 bits per heavy atom. The minimum Gasteiger partial charge on any atom is -0.379 e. The highest BCUT2D eigenvalue weighted by atomic mass is 127. The molecule has 0 bridgehead atoms. The van der Waals surface area contributed by atoms with Crippen molar-refractivity contribution in [2.45, 2.75) is 45.1 Å². The summed E-state index contributed by atoms with van der Waals surface area (Å²) in [5, 5.41) is 3.54. The molecule has 6 heteroatoms. The van der Waals surface area contributed by atoms with Crippen LogP contribution in [0.4, 0.5) is 0 Å². The first kappa shape index (κ1) is 21.0. The van der Waals surface area contributed by atoms with Gasteiger partial charge in [-0.2, -0.15) is 0 Å². The molecule has 1 aliphatic heterocycles. The van der Waals surface area contributed by atoms with Crippen LogP contribution in [0.2, 0.25) is 0 Å². The van der Waals surface area contributed by atoms with E-state index < -0.39 is 0 Å². The fraction of sp³-hybridized carbons (Fsp3) is 0.941. The van der Waals surface area contributed by atoms with Gasteiger partial charge in [-0.25, -0.2) is 0 Å². The van der Waals surface area contributed by atoms with E-state index in [0.29, 0.717) is 6.04 Å². The van der Waals surface area contributed by atoms with Gasteiger partial charge < -0.3 is 15.0 Å². The van der Waals surface area contributed by atoms with E-state index in [2.05, 4.69) is 34.1 Å². The number of aliphatic imine (C=N–C) groups is 1. The quantitative estimate of drug-likeness (QED) is 0.274. The molecule has 2 fully saturated rings. The third kappa shape index (κ3) is 7.56. The van der Waals surface area contributed by atoms with Crippen molar-refractivity contribution in [2.24, 2.45) is 10.9 Å². The van der Waals surface area contributed by atoms with Crippen molar-refractivity contribution in [1.29, 1.82) is 0 Å². The molecule has 0 aromatic rings. The molecule has 1 heterocycles. The number of halogens is 1. The number of nitrogens with zero attached hydrogens (tertiary/aromatic N) is 3. The summed E-state index contributed by atoms with van der Waals surface area (Å²) in [6.45, 7) is 8.27. The van der Waals surface area contributed by atoms with Crippen LogP contribution in [-0.4, -0.2) is 75.3 Å². The van der Waals surface area contributed by atoms with Gasteiger partial charge in [0.05, 0.1) is 6.61 Å².